The average Bonchev–Trinajstić information content (AvgIpc) is 2.74. The van der Waals surface area contributed by atoms with Crippen molar-refractivity contribution in [1.29, 1.82) is 0 Å². The van der Waals surface area contributed by atoms with Gasteiger partial charge in [-0.2, -0.15) is 0 Å². The van der Waals surface area contributed by atoms with Crippen LogP contribution < -0.4 is 5.73 Å². The van der Waals surface area contributed by atoms with Gasteiger partial charge in [0.15, 0.2) is 0 Å². The molecular formula is C12H19N. The third kappa shape index (κ3) is 2.06. The maximum atomic E-state index is 6.13. The number of nitrogens with two attached hydrogens (primary N) is 1. The van der Waals surface area contributed by atoms with Gasteiger partial charge in [-0.15, -0.1) is 11.8 Å². The molecule has 13 heavy (non-hydrogen) atoms. The van der Waals surface area contributed by atoms with E-state index in [1.165, 1.54) is 19.3 Å². The Labute approximate surface area is 81.1 Å². The molecule has 2 aliphatic rings. The first kappa shape index (κ1) is 9.09. The van der Waals surface area contributed by atoms with E-state index >= 15 is 0 Å². The van der Waals surface area contributed by atoms with Crippen LogP contribution in [0.2, 0.25) is 0 Å². The number of hydrogen-bond donors (Lipinski definition) is 1. The van der Waals surface area contributed by atoms with Crippen LogP contribution in [0.15, 0.2) is 0 Å². The number of fused-ring (bicyclic) bond motifs is 1. The van der Waals surface area contributed by atoms with Crippen molar-refractivity contribution in [2.75, 3.05) is 0 Å². The van der Waals surface area contributed by atoms with Crippen LogP contribution in [-0.4, -0.2) is 6.04 Å². The van der Waals surface area contributed by atoms with E-state index in [2.05, 4.69) is 11.8 Å². The molecule has 1 nitrogen and oxygen atoms in total. The molecule has 2 aliphatic carbocycles. The first-order chi connectivity index (χ1) is 6.31. The molecule has 2 saturated carbocycles. The number of hydrogen-bond acceptors (Lipinski definition) is 1. The van der Waals surface area contributed by atoms with Gasteiger partial charge in [0.1, 0.15) is 0 Å². The molecule has 2 fully saturated rings. The SMILES string of the molecule is CC#CCCC(N)C1CC2CC2C1. The molecule has 0 saturated heterocycles. The van der Waals surface area contributed by atoms with Crippen LogP contribution in [0.5, 0.6) is 0 Å². The Hall–Kier alpha value is -0.480. The second kappa shape index (κ2) is 3.72. The first-order valence-electron chi connectivity index (χ1n) is 5.46. The Bertz CT molecular complexity index is 225. The van der Waals surface area contributed by atoms with E-state index in [0.29, 0.717) is 6.04 Å². The smallest absolute Gasteiger partial charge is 0.0103 e. The predicted octanol–water partition coefficient (Wildman–Crippen LogP) is 2.16. The fourth-order valence-electron chi connectivity index (χ4n) is 2.71. The van der Waals surface area contributed by atoms with Crippen molar-refractivity contribution in [2.24, 2.45) is 23.5 Å². The zero-order valence-corrected chi connectivity index (χ0v) is 8.42. The summed E-state index contributed by atoms with van der Waals surface area (Å²) in [5.41, 5.74) is 6.13. The molecule has 2 rings (SSSR count). The largest absolute Gasteiger partial charge is 0.327 e. The van der Waals surface area contributed by atoms with Crippen molar-refractivity contribution in [2.45, 2.75) is 45.1 Å². The first-order valence-corrected chi connectivity index (χ1v) is 5.46. The van der Waals surface area contributed by atoms with Crippen molar-refractivity contribution < 1.29 is 0 Å². The highest BCUT2D eigenvalue weighted by atomic mass is 14.7. The molecule has 2 N–H and O–H groups in total. The van der Waals surface area contributed by atoms with Gasteiger partial charge >= 0.3 is 0 Å². The molecule has 0 aliphatic heterocycles. The van der Waals surface area contributed by atoms with E-state index in [1.807, 2.05) is 6.92 Å². The molecule has 0 amide bonds. The summed E-state index contributed by atoms with van der Waals surface area (Å²) in [5.74, 6) is 8.97. The Morgan fingerprint density at radius 2 is 2.00 bits per heavy atom. The zero-order chi connectivity index (χ0) is 9.26. The second-order valence-corrected chi connectivity index (χ2v) is 4.62. The van der Waals surface area contributed by atoms with E-state index in [0.717, 1.165) is 30.6 Å². The minimum Gasteiger partial charge on any atom is -0.327 e. The lowest BCUT2D eigenvalue weighted by Gasteiger charge is -2.19. The predicted molar refractivity (Wildman–Crippen MR) is 55.0 cm³/mol. The van der Waals surface area contributed by atoms with Crippen LogP contribution in [0, 0.1) is 29.6 Å². The third-order valence-electron chi connectivity index (χ3n) is 3.66. The van der Waals surface area contributed by atoms with Crippen LogP contribution in [0.1, 0.15) is 39.0 Å². The van der Waals surface area contributed by atoms with E-state index in [1.54, 1.807) is 0 Å². The minimum absolute atomic E-state index is 0.425. The van der Waals surface area contributed by atoms with Gasteiger partial charge in [-0.1, -0.05) is 0 Å². The summed E-state index contributed by atoms with van der Waals surface area (Å²) in [6.45, 7) is 1.90. The third-order valence-corrected chi connectivity index (χ3v) is 3.66. The molecule has 3 atom stereocenters. The molecular weight excluding hydrogens is 158 g/mol. The van der Waals surface area contributed by atoms with Gasteiger partial charge in [0.05, 0.1) is 0 Å². The van der Waals surface area contributed by atoms with Crippen molar-refractivity contribution in [3.63, 3.8) is 0 Å². The Balaban J connectivity index is 1.70. The van der Waals surface area contributed by atoms with Crippen LogP contribution in [0.4, 0.5) is 0 Å². The van der Waals surface area contributed by atoms with Crippen molar-refractivity contribution in [3.05, 3.63) is 0 Å². The maximum absolute atomic E-state index is 6.13. The minimum atomic E-state index is 0.425. The summed E-state index contributed by atoms with van der Waals surface area (Å²) in [7, 11) is 0. The molecule has 0 aromatic rings. The monoisotopic (exact) mass is 177 g/mol. The Kier molecular flexibility index (Phi) is 2.60. The van der Waals surface area contributed by atoms with E-state index < -0.39 is 0 Å². The van der Waals surface area contributed by atoms with E-state index in [4.69, 9.17) is 5.73 Å². The van der Waals surface area contributed by atoms with Crippen LogP contribution in [-0.2, 0) is 0 Å². The molecule has 0 aromatic heterocycles. The molecule has 0 bridgehead atoms. The van der Waals surface area contributed by atoms with E-state index in [-0.39, 0.29) is 0 Å². The molecule has 0 heterocycles. The summed E-state index contributed by atoms with van der Waals surface area (Å²) in [4.78, 5) is 0. The number of rotatable bonds is 3. The average molecular weight is 177 g/mol. The Morgan fingerprint density at radius 3 is 2.62 bits per heavy atom. The molecule has 0 aromatic carbocycles. The normalized spacial score (nSPS) is 37.5. The van der Waals surface area contributed by atoms with E-state index in [9.17, 15) is 0 Å². The summed E-state index contributed by atoms with van der Waals surface area (Å²) in [5, 5.41) is 0. The van der Waals surface area contributed by atoms with Crippen molar-refractivity contribution in [1.82, 2.24) is 0 Å². The van der Waals surface area contributed by atoms with Gasteiger partial charge in [0.25, 0.3) is 0 Å². The van der Waals surface area contributed by atoms with Gasteiger partial charge in [-0.05, 0) is 50.4 Å². The molecule has 0 radical (unpaired) electrons. The summed E-state index contributed by atoms with van der Waals surface area (Å²) in [6.07, 6.45) is 6.41. The van der Waals surface area contributed by atoms with Gasteiger partial charge in [0.2, 0.25) is 0 Å². The molecule has 3 unspecified atom stereocenters. The summed E-state index contributed by atoms with van der Waals surface area (Å²) >= 11 is 0. The molecule has 1 heteroatoms. The van der Waals surface area contributed by atoms with Gasteiger partial charge in [-0.25, -0.2) is 0 Å². The highest BCUT2D eigenvalue weighted by molar-refractivity contribution is 5.00. The van der Waals surface area contributed by atoms with Gasteiger partial charge in [-0.3, -0.25) is 0 Å². The standard InChI is InChI=1S/C12H19N/c1-2-3-4-5-12(13)11-7-9-6-10(9)8-11/h9-12H,4-8,13H2,1H3. The van der Waals surface area contributed by atoms with Crippen LogP contribution in [0.3, 0.4) is 0 Å². The topological polar surface area (TPSA) is 26.0 Å². The van der Waals surface area contributed by atoms with Crippen molar-refractivity contribution in [3.8, 4) is 11.8 Å². The lowest BCUT2D eigenvalue weighted by atomic mass is 9.92. The fourth-order valence-corrected chi connectivity index (χ4v) is 2.71. The molecule has 0 spiro atoms. The maximum Gasteiger partial charge on any atom is 0.0103 e. The van der Waals surface area contributed by atoms with Crippen LogP contribution in [0.25, 0.3) is 0 Å². The second-order valence-electron chi connectivity index (χ2n) is 4.62. The Morgan fingerprint density at radius 1 is 1.31 bits per heavy atom. The van der Waals surface area contributed by atoms with Crippen LogP contribution >= 0.6 is 0 Å². The fraction of sp³-hybridized carbons (Fsp3) is 0.833. The summed E-state index contributed by atoms with van der Waals surface area (Å²) < 4.78 is 0. The molecule has 72 valence electrons. The zero-order valence-electron chi connectivity index (χ0n) is 8.42. The lowest BCUT2D eigenvalue weighted by molar-refractivity contribution is 0.380. The van der Waals surface area contributed by atoms with Gasteiger partial charge < -0.3 is 5.73 Å². The highest BCUT2D eigenvalue weighted by Gasteiger charge is 2.46. The lowest BCUT2D eigenvalue weighted by Crippen LogP contribution is -2.28. The quantitative estimate of drug-likeness (QED) is 0.657. The highest BCUT2D eigenvalue weighted by Crippen LogP contribution is 2.55. The van der Waals surface area contributed by atoms with Crippen molar-refractivity contribution >= 4 is 0 Å². The summed E-state index contributed by atoms with van der Waals surface area (Å²) in [6, 6.07) is 0.425. The van der Waals surface area contributed by atoms with Gasteiger partial charge in [0, 0.05) is 12.5 Å².